The molecular weight excluding hydrogens is 288 g/mol. The molecule has 2 aromatic rings. The summed E-state index contributed by atoms with van der Waals surface area (Å²) in [5, 5.41) is 2.67. The zero-order valence-corrected chi connectivity index (χ0v) is 12.6. The SMILES string of the molecule is Cc1cccc(NC(=O)Cc2ccccc2S(C)(=O)=O)n1. The fourth-order valence-electron chi connectivity index (χ4n) is 1.98. The van der Waals surface area contributed by atoms with E-state index in [9.17, 15) is 13.2 Å². The van der Waals surface area contributed by atoms with Crippen LogP contribution in [0.2, 0.25) is 0 Å². The summed E-state index contributed by atoms with van der Waals surface area (Å²) in [4.78, 5) is 16.4. The lowest BCUT2D eigenvalue weighted by Gasteiger charge is -2.08. The minimum absolute atomic E-state index is 0.0150. The van der Waals surface area contributed by atoms with Crippen molar-refractivity contribution in [2.45, 2.75) is 18.2 Å². The molecule has 0 radical (unpaired) electrons. The highest BCUT2D eigenvalue weighted by molar-refractivity contribution is 7.90. The largest absolute Gasteiger partial charge is 0.310 e. The predicted octanol–water partition coefficient (Wildman–Crippen LogP) is 1.97. The van der Waals surface area contributed by atoms with E-state index in [-0.39, 0.29) is 17.2 Å². The molecule has 1 N–H and O–H groups in total. The second kappa shape index (κ2) is 6.05. The molecule has 0 bridgehead atoms. The Morgan fingerprint density at radius 3 is 2.52 bits per heavy atom. The van der Waals surface area contributed by atoms with Gasteiger partial charge in [-0.3, -0.25) is 4.79 Å². The highest BCUT2D eigenvalue weighted by atomic mass is 32.2. The summed E-state index contributed by atoms with van der Waals surface area (Å²) >= 11 is 0. The zero-order valence-electron chi connectivity index (χ0n) is 11.8. The van der Waals surface area contributed by atoms with Crippen LogP contribution in [-0.4, -0.2) is 25.6 Å². The molecule has 0 atom stereocenters. The number of nitrogens with one attached hydrogen (secondary N) is 1. The molecule has 21 heavy (non-hydrogen) atoms. The molecule has 1 aromatic carbocycles. The molecular formula is C15H16N2O3S. The molecule has 0 spiro atoms. The van der Waals surface area contributed by atoms with Crippen molar-refractivity contribution in [3.8, 4) is 0 Å². The van der Waals surface area contributed by atoms with Gasteiger partial charge in [-0.05, 0) is 30.7 Å². The normalized spacial score (nSPS) is 11.1. The van der Waals surface area contributed by atoms with Crippen molar-refractivity contribution < 1.29 is 13.2 Å². The Bertz CT molecular complexity index is 770. The summed E-state index contributed by atoms with van der Waals surface area (Å²) in [6, 6.07) is 11.8. The number of hydrogen-bond acceptors (Lipinski definition) is 4. The van der Waals surface area contributed by atoms with Gasteiger partial charge in [-0.2, -0.15) is 0 Å². The highest BCUT2D eigenvalue weighted by Crippen LogP contribution is 2.16. The first kappa shape index (κ1) is 15.2. The van der Waals surface area contributed by atoms with Crippen molar-refractivity contribution in [3.63, 3.8) is 0 Å². The molecule has 5 nitrogen and oxygen atoms in total. The van der Waals surface area contributed by atoms with E-state index in [4.69, 9.17) is 0 Å². The van der Waals surface area contributed by atoms with Gasteiger partial charge in [0.1, 0.15) is 5.82 Å². The standard InChI is InChI=1S/C15H16N2O3S/c1-11-6-5-9-14(16-11)17-15(18)10-12-7-3-4-8-13(12)21(2,19)20/h3-9H,10H2,1-2H3,(H,16,17,18). The van der Waals surface area contributed by atoms with E-state index in [0.29, 0.717) is 11.4 Å². The number of pyridine rings is 1. The summed E-state index contributed by atoms with van der Waals surface area (Å²) < 4.78 is 23.4. The second-order valence-corrected chi connectivity index (χ2v) is 6.75. The Morgan fingerprint density at radius 2 is 1.86 bits per heavy atom. The van der Waals surface area contributed by atoms with Crippen molar-refractivity contribution in [1.29, 1.82) is 0 Å². The van der Waals surface area contributed by atoms with Gasteiger partial charge >= 0.3 is 0 Å². The summed E-state index contributed by atoms with van der Waals surface area (Å²) in [6.45, 7) is 1.83. The van der Waals surface area contributed by atoms with Crippen molar-refractivity contribution in [3.05, 3.63) is 53.7 Å². The smallest absolute Gasteiger partial charge is 0.229 e. The Morgan fingerprint density at radius 1 is 1.14 bits per heavy atom. The topological polar surface area (TPSA) is 76.1 Å². The first-order valence-electron chi connectivity index (χ1n) is 6.38. The number of nitrogens with zero attached hydrogens (tertiary/aromatic N) is 1. The van der Waals surface area contributed by atoms with E-state index in [2.05, 4.69) is 10.3 Å². The van der Waals surface area contributed by atoms with Crippen LogP contribution >= 0.6 is 0 Å². The van der Waals surface area contributed by atoms with E-state index in [1.165, 1.54) is 6.07 Å². The van der Waals surface area contributed by atoms with E-state index in [0.717, 1.165) is 11.9 Å². The molecule has 0 saturated carbocycles. The van der Waals surface area contributed by atoms with Gasteiger partial charge in [0.2, 0.25) is 5.91 Å². The second-order valence-electron chi connectivity index (χ2n) is 4.77. The van der Waals surface area contributed by atoms with Gasteiger partial charge in [0.05, 0.1) is 11.3 Å². The van der Waals surface area contributed by atoms with Crippen LogP contribution in [0.4, 0.5) is 5.82 Å². The number of sulfone groups is 1. The Hall–Kier alpha value is -2.21. The van der Waals surface area contributed by atoms with Crippen LogP contribution in [0.5, 0.6) is 0 Å². The lowest BCUT2D eigenvalue weighted by atomic mass is 10.1. The van der Waals surface area contributed by atoms with Crippen LogP contribution in [0.1, 0.15) is 11.3 Å². The third-order valence-electron chi connectivity index (χ3n) is 2.88. The van der Waals surface area contributed by atoms with Crippen LogP contribution in [0, 0.1) is 6.92 Å². The van der Waals surface area contributed by atoms with Gasteiger partial charge in [-0.1, -0.05) is 24.3 Å². The van der Waals surface area contributed by atoms with Crippen molar-refractivity contribution in [2.75, 3.05) is 11.6 Å². The third-order valence-corrected chi connectivity index (χ3v) is 4.08. The van der Waals surface area contributed by atoms with Crippen LogP contribution < -0.4 is 5.32 Å². The lowest BCUT2D eigenvalue weighted by molar-refractivity contribution is -0.115. The number of aromatic nitrogens is 1. The maximum absolute atomic E-state index is 12.0. The molecule has 110 valence electrons. The van der Waals surface area contributed by atoms with E-state index < -0.39 is 9.84 Å². The van der Waals surface area contributed by atoms with Crippen LogP contribution in [0.15, 0.2) is 47.4 Å². The van der Waals surface area contributed by atoms with Crippen molar-refractivity contribution in [1.82, 2.24) is 4.98 Å². The van der Waals surface area contributed by atoms with Crippen molar-refractivity contribution in [2.24, 2.45) is 0 Å². The highest BCUT2D eigenvalue weighted by Gasteiger charge is 2.15. The minimum atomic E-state index is -3.35. The molecule has 0 aliphatic carbocycles. The Kier molecular flexibility index (Phi) is 4.37. The average Bonchev–Trinajstić information content (AvgIpc) is 2.37. The van der Waals surface area contributed by atoms with E-state index in [1.54, 1.807) is 30.3 Å². The summed E-state index contributed by atoms with van der Waals surface area (Å²) in [6.07, 6.45) is 1.12. The first-order chi connectivity index (χ1) is 9.86. The van der Waals surface area contributed by atoms with Crippen LogP contribution in [0.3, 0.4) is 0 Å². The van der Waals surface area contributed by atoms with E-state index in [1.807, 2.05) is 13.0 Å². The first-order valence-corrected chi connectivity index (χ1v) is 8.27. The lowest BCUT2D eigenvalue weighted by Crippen LogP contribution is -2.17. The number of benzene rings is 1. The number of aryl methyl sites for hydroxylation is 1. The number of rotatable bonds is 4. The van der Waals surface area contributed by atoms with Crippen LogP contribution in [-0.2, 0) is 21.1 Å². The number of carbonyl (C=O) groups excluding carboxylic acids is 1. The van der Waals surface area contributed by atoms with Crippen molar-refractivity contribution >= 4 is 21.6 Å². The maximum atomic E-state index is 12.0. The average molecular weight is 304 g/mol. The molecule has 0 fully saturated rings. The molecule has 0 unspecified atom stereocenters. The number of carbonyl (C=O) groups is 1. The molecule has 0 aliphatic rings. The molecule has 0 aliphatic heterocycles. The van der Waals surface area contributed by atoms with Gasteiger partial charge in [0.25, 0.3) is 0 Å². The van der Waals surface area contributed by atoms with Gasteiger partial charge in [0.15, 0.2) is 9.84 Å². The van der Waals surface area contributed by atoms with Gasteiger partial charge in [-0.25, -0.2) is 13.4 Å². The van der Waals surface area contributed by atoms with Gasteiger partial charge < -0.3 is 5.32 Å². The molecule has 2 rings (SSSR count). The molecule has 6 heteroatoms. The molecule has 1 aromatic heterocycles. The summed E-state index contributed by atoms with van der Waals surface area (Å²) in [5.41, 5.74) is 1.27. The maximum Gasteiger partial charge on any atom is 0.229 e. The van der Waals surface area contributed by atoms with Gasteiger partial charge in [-0.15, -0.1) is 0 Å². The van der Waals surface area contributed by atoms with Crippen LogP contribution in [0.25, 0.3) is 0 Å². The molecule has 0 saturated heterocycles. The predicted molar refractivity (Wildman–Crippen MR) is 80.9 cm³/mol. The fraction of sp³-hybridized carbons (Fsp3) is 0.200. The molecule has 1 amide bonds. The number of hydrogen-bond donors (Lipinski definition) is 1. The number of amides is 1. The fourth-order valence-corrected chi connectivity index (χ4v) is 2.93. The Labute approximate surface area is 124 Å². The monoisotopic (exact) mass is 304 g/mol. The van der Waals surface area contributed by atoms with E-state index >= 15 is 0 Å². The summed E-state index contributed by atoms with van der Waals surface area (Å²) in [7, 11) is -3.35. The third kappa shape index (κ3) is 4.13. The molecule has 1 heterocycles. The minimum Gasteiger partial charge on any atom is -0.310 e. The Balaban J connectivity index is 2.17. The van der Waals surface area contributed by atoms with Gasteiger partial charge in [0, 0.05) is 11.9 Å². The quantitative estimate of drug-likeness (QED) is 0.937. The zero-order chi connectivity index (χ0) is 15.5. The number of anilines is 1. The summed E-state index contributed by atoms with van der Waals surface area (Å²) in [5.74, 6) is 0.154.